The van der Waals surface area contributed by atoms with Gasteiger partial charge in [-0.15, -0.1) is 0 Å². The highest BCUT2D eigenvalue weighted by Gasteiger charge is 2.18. The summed E-state index contributed by atoms with van der Waals surface area (Å²) in [5, 5.41) is 3.19. The average molecular weight is 584 g/mol. The summed E-state index contributed by atoms with van der Waals surface area (Å²) in [5.74, 6) is 0. The van der Waals surface area contributed by atoms with Crippen LogP contribution in [0.15, 0.2) is 174 Å². The normalized spacial score (nSPS) is 15.0. The van der Waals surface area contributed by atoms with E-state index in [4.69, 9.17) is 14.0 Å². The topological polar surface area (TPSA) is 13.1 Å². The molecule has 0 fully saturated rings. The van der Waals surface area contributed by atoms with Crippen LogP contribution in [-0.2, 0) is 0 Å². The van der Waals surface area contributed by atoms with Gasteiger partial charge in [0.25, 0.3) is 0 Å². The molecule has 0 spiro atoms. The minimum Gasteiger partial charge on any atom is -0.456 e. The van der Waals surface area contributed by atoms with Crippen molar-refractivity contribution in [2.75, 3.05) is 0 Å². The smallest absolute Gasteiger partial charge is 0.136 e. The first kappa shape index (κ1) is 16.8. The van der Waals surface area contributed by atoms with Gasteiger partial charge in [0.05, 0.1) is 15.1 Å². The number of fused-ring (bicyclic) bond motifs is 5. The van der Waals surface area contributed by atoms with E-state index in [0.29, 0.717) is 27.5 Å². The van der Waals surface area contributed by atoms with Crippen molar-refractivity contribution in [1.82, 2.24) is 0 Å². The second kappa shape index (κ2) is 10.4. The molecule has 0 aliphatic carbocycles. The van der Waals surface area contributed by atoms with Crippen LogP contribution in [0.5, 0.6) is 0 Å². The zero-order valence-electron chi connectivity index (χ0n) is 34.7. The van der Waals surface area contributed by atoms with E-state index in [1.165, 1.54) is 0 Å². The lowest BCUT2D eigenvalue weighted by molar-refractivity contribution is 0.669. The summed E-state index contributed by atoms with van der Waals surface area (Å²) >= 11 is 0. The van der Waals surface area contributed by atoms with E-state index < -0.39 is 18.1 Å². The third-order valence-electron chi connectivity index (χ3n) is 8.22. The number of benzene rings is 8. The van der Waals surface area contributed by atoms with Gasteiger partial charge in [-0.1, -0.05) is 145 Å². The van der Waals surface area contributed by atoms with Gasteiger partial charge >= 0.3 is 0 Å². The van der Waals surface area contributed by atoms with Gasteiger partial charge in [0, 0.05) is 10.8 Å². The lowest BCUT2D eigenvalue weighted by atomic mass is 9.85. The maximum absolute atomic E-state index is 9.58. The van der Waals surface area contributed by atoms with Gasteiger partial charge in [0.1, 0.15) is 11.2 Å². The standard InChI is InChI=1S/C44H28O/c1-3-11-29(12-4-1)31-19-21-32(22-20-31)43-36-15-7-9-17-38(36)44(39-18-10-8-16-37(39)43)34-23-25-35-40-27-33(30-13-5-2-6-14-30)24-26-41(40)45-42(35)28-34/h1-28H/i1D,3D,4D,11D,12D,23D,24D,25D,26D,27D,28D. The Hall–Kier alpha value is -5.92. The summed E-state index contributed by atoms with van der Waals surface area (Å²) in [6.07, 6.45) is 0. The molecule has 0 unspecified atom stereocenters. The van der Waals surface area contributed by atoms with Gasteiger partial charge in [0.2, 0.25) is 0 Å². The van der Waals surface area contributed by atoms with E-state index >= 15 is 0 Å². The Morgan fingerprint density at radius 2 is 0.889 bits per heavy atom. The highest BCUT2D eigenvalue weighted by atomic mass is 16.3. The molecular weight excluding hydrogens is 544 g/mol. The maximum atomic E-state index is 9.58. The predicted octanol–water partition coefficient (Wildman–Crippen LogP) is 12.6. The number of rotatable bonds is 4. The van der Waals surface area contributed by atoms with Crippen molar-refractivity contribution >= 4 is 43.5 Å². The minimum absolute atomic E-state index is 0.0388. The Labute approximate surface area is 277 Å². The van der Waals surface area contributed by atoms with Crippen LogP contribution in [0.25, 0.3) is 88.0 Å². The summed E-state index contributed by atoms with van der Waals surface area (Å²) in [5.41, 5.74) is 3.57. The molecule has 0 saturated carbocycles. The molecule has 9 rings (SSSR count). The summed E-state index contributed by atoms with van der Waals surface area (Å²) in [7, 11) is 0. The molecule has 0 bridgehead atoms. The third kappa shape index (κ3) is 4.24. The fourth-order valence-corrected chi connectivity index (χ4v) is 6.17. The van der Waals surface area contributed by atoms with Crippen LogP contribution in [0.4, 0.5) is 0 Å². The van der Waals surface area contributed by atoms with Crippen molar-refractivity contribution in [2.24, 2.45) is 0 Å². The van der Waals surface area contributed by atoms with Crippen molar-refractivity contribution in [2.45, 2.75) is 0 Å². The second-order valence-corrected chi connectivity index (χ2v) is 10.8. The molecule has 1 aromatic heterocycles. The summed E-state index contributed by atoms with van der Waals surface area (Å²) < 4.78 is 103. The molecule has 1 heteroatoms. The zero-order chi connectivity index (χ0) is 39.3. The molecule has 0 aliphatic rings. The van der Waals surface area contributed by atoms with Crippen LogP contribution in [-0.4, -0.2) is 0 Å². The van der Waals surface area contributed by atoms with Crippen molar-refractivity contribution in [3.63, 3.8) is 0 Å². The number of hydrogen-bond donors (Lipinski definition) is 0. The molecule has 9 aromatic rings. The Morgan fingerprint density at radius 1 is 0.333 bits per heavy atom. The Morgan fingerprint density at radius 3 is 1.56 bits per heavy atom. The van der Waals surface area contributed by atoms with E-state index in [-0.39, 0.29) is 87.0 Å². The van der Waals surface area contributed by atoms with Gasteiger partial charge in [-0.3, -0.25) is 0 Å². The van der Waals surface area contributed by atoms with Crippen molar-refractivity contribution < 1.29 is 19.5 Å². The molecule has 1 nitrogen and oxygen atoms in total. The average Bonchev–Trinajstić information content (AvgIpc) is 3.63. The Bertz CT molecular complexity index is 3050. The number of hydrogen-bond acceptors (Lipinski definition) is 1. The van der Waals surface area contributed by atoms with Crippen LogP contribution in [0.2, 0.25) is 0 Å². The van der Waals surface area contributed by atoms with E-state index in [9.17, 15) is 5.48 Å². The minimum atomic E-state index is -0.455. The van der Waals surface area contributed by atoms with E-state index in [2.05, 4.69) is 0 Å². The largest absolute Gasteiger partial charge is 0.456 e. The van der Waals surface area contributed by atoms with Crippen molar-refractivity contribution in [1.29, 1.82) is 0 Å². The van der Waals surface area contributed by atoms with E-state index in [1.54, 1.807) is 36.4 Å². The van der Waals surface area contributed by atoms with Crippen LogP contribution in [0, 0.1) is 0 Å². The van der Waals surface area contributed by atoms with Gasteiger partial charge in [0.15, 0.2) is 0 Å². The summed E-state index contributed by atoms with van der Waals surface area (Å²) in [4.78, 5) is 0. The fraction of sp³-hybridized carbons (Fsp3) is 0. The molecule has 0 aliphatic heterocycles. The van der Waals surface area contributed by atoms with Crippen LogP contribution in [0.1, 0.15) is 15.1 Å². The van der Waals surface area contributed by atoms with Crippen molar-refractivity contribution in [3.8, 4) is 44.5 Å². The van der Waals surface area contributed by atoms with Crippen molar-refractivity contribution in [3.05, 3.63) is 170 Å². The highest BCUT2D eigenvalue weighted by Crippen LogP contribution is 2.45. The summed E-state index contributed by atoms with van der Waals surface area (Å²) in [6, 6.07) is 28.1. The molecule has 1 heterocycles. The van der Waals surface area contributed by atoms with E-state index in [1.807, 2.05) is 66.7 Å². The first-order valence-corrected chi connectivity index (χ1v) is 14.5. The van der Waals surface area contributed by atoms with Crippen LogP contribution >= 0.6 is 0 Å². The first-order chi connectivity index (χ1) is 26.9. The van der Waals surface area contributed by atoms with Crippen LogP contribution in [0.3, 0.4) is 0 Å². The van der Waals surface area contributed by atoms with Gasteiger partial charge in [-0.25, -0.2) is 0 Å². The summed E-state index contributed by atoms with van der Waals surface area (Å²) in [6.45, 7) is 0. The fourth-order valence-electron chi connectivity index (χ4n) is 6.17. The molecule has 210 valence electrons. The molecule has 0 atom stereocenters. The first-order valence-electron chi connectivity index (χ1n) is 20.0. The maximum Gasteiger partial charge on any atom is 0.136 e. The quantitative estimate of drug-likeness (QED) is 0.188. The predicted molar refractivity (Wildman–Crippen MR) is 190 cm³/mol. The third-order valence-corrected chi connectivity index (χ3v) is 8.22. The lowest BCUT2D eigenvalue weighted by Gasteiger charge is -2.18. The Kier molecular flexibility index (Phi) is 3.87. The monoisotopic (exact) mass is 583 g/mol. The SMILES string of the molecule is [2H]c1c([2H])c([2H])c(-c2ccc(-c3c4ccccc4c(-c4c([2H])c([2H])c5c(oc6c([2H])c([2H])c(-c7ccccc7)c([2H])c65)c4[2H])c4ccccc34)cc2)c([2H])c1[2H]. The lowest BCUT2D eigenvalue weighted by Crippen LogP contribution is -1.91. The van der Waals surface area contributed by atoms with Gasteiger partial charge < -0.3 is 4.42 Å². The zero-order valence-corrected chi connectivity index (χ0v) is 23.7. The highest BCUT2D eigenvalue weighted by molar-refractivity contribution is 6.22. The molecule has 45 heavy (non-hydrogen) atoms. The molecule has 0 radical (unpaired) electrons. The molecule has 0 amide bonds. The van der Waals surface area contributed by atoms with E-state index in [0.717, 1.165) is 21.9 Å². The Balaban J connectivity index is 1.31. The number of furan rings is 1. The molecule has 8 aromatic carbocycles. The molecule has 0 N–H and O–H groups in total. The van der Waals surface area contributed by atoms with Gasteiger partial charge in [-0.2, -0.15) is 0 Å². The molecule has 0 saturated heterocycles. The molecular formula is C44H28O. The van der Waals surface area contributed by atoms with Gasteiger partial charge in [-0.05, 0) is 90.2 Å². The second-order valence-electron chi connectivity index (χ2n) is 10.8. The van der Waals surface area contributed by atoms with Crippen LogP contribution < -0.4 is 0 Å².